The van der Waals surface area contributed by atoms with Crippen molar-refractivity contribution in [1.29, 1.82) is 0 Å². The van der Waals surface area contributed by atoms with Crippen LogP contribution in [0.3, 0.4) is 0 Å². The van der Waals surface area contributed by atoms with Crippen LogP contribution in [0.2, 0.25) is 0 Å². The Hall–Kier alpha value is -3.27. The van der Waals surface area contributed by atoms with E-state index in [1.807, 2.05) is 0 Å². The van der Waals surface area contributed by atoms with Crippen LogP contribution in [0.5, 0.6) is 11.5 Å². The molecule has 0 aliphatic carbocycles. The maximum absolute atomic E-state index is 12.6. The van der Waals surface area contributed by atoms with Gasteiger partial charge in [0.05, 0.1) is 23.3 Å². The third-order valence-electron chi connectivity index (χ3n) is 3.82. The molecule has 0 aromatic heterocycles. The van der Waals surface area contributed by atoms with Crippen molar-refractivity contribution < 1.29 is 37.0 Å². The number of sulfonamides is 1. The van der Waals surface area contributed by atoms with Gasteiger partial charge in [-0.05, 0) is 37.3 Å². The van der Waals surface area contributed by atoms with Crippen molar-refractivity contribution in [2.45, 2.75) is 17.9 Å². The average molecular weight is 407 g/mol. The number of carbonyl (C=O) groups excluding carboxylic acids is 2. The number of hydrogen-bond acceptors (Lipinski definition) is 8. The van der Waals surface area contributed by atoms with Gasteiger partial charge in [-0.25, -0.2) is 18.0 Å². The maximum Gasteiger partial charge on any atom is 0.346 e. The van der Waals surface area contributed by atoms with Gasteiger partial charge in [0.25, 0.3) is 10.0 Å². The molecule has 1 aliphatic rings. The van der Waals surface area contributed by atoms with Crippen molar-refractivity contribution in [1.82, 2.24) is 0 Å². The Kier molecular flexibility index (Phi) is 5.41. The van der Waals surface area contributed by atoms with Gasteiger partial charge < -0.3 is 18.9 Å². The van der Waals surface area contributed by atoms with Crippen molar-refractivity contribution in [3.63, 3.8) is 0 Å². The standard InChI is InChI=1S/C18H17NO8S/c1-11(17(20)24-2)27-18(21)12-4-3-5-14(8-12)28(22,23)19-13-6-7-15-16(9-13)26-10-25-15/h3-9,11,19H,10H2,1-2H3/t11-/m0/s1. The van der Waals surface area contributed by atoms with Gasteiger partial charge in [0.2, 0.25) is 6.79 Å². The van der Waals surface area contributed by atoms with E-state index in [0.29, 0.717) is 11.5 Å². The molecule has 2 aromatic rings. The Morgan fingerprint density at radius 1 is 1.11 bits per heavy atom. The van der Waals surface area contributed by atoms with Crippen molar-refractivity contribution in [3.8, 4) is 11.5 Å². The molecular weight excluding hydrogens is 390 g/mol. The largest absolute Gasteiger partial charge is 0.466 e. The number of hydrogen-bond donors (Lipinski definition) is 1. The highest BCUT2D eigenvalue weighted by atomic mass is 32.2. The normalized spacial score (nSPS) is 13.5. The van der Waals surface area contributed by atoms with Crippen LogP contribution in [-0.2, 0) is 24.3 Å². The third kappa shape index (κ3) is 4.17. The van der Waals surface area contributed by atoms with Gasteiger partial charge >= 0.3 is 11.9 Å². The lowest BCUT2D eigenvalue weighted by molar-refractivity contribution is -0.149. The molecule has 0 radical (unpaired) electrons. The number of fused-ring (bicyclic) bond motifs is 1. The fraction of sp³-hybridized carbons (Fsp3) is 0.222. The maximum atomic E-state index is 12.6. The Balaban J connectivity index is 1.78. The first-order chi connectivity index (χ1) is 13.3. The molecule has 28 heavy (non-hydrogen) atoms. The molecule has 3 rings (SSSR count). The first-order valence-electron chi connectivity index (χ1n) is 8.11. The molecule has 1 aliphatic heterocycles. The number of rotatable bonds is 6. The molecule has 0 bridgehead atoms. The molecular formula is C18H17NO8S. The number of carbonyl (C=O) groups is 2. The molecule has 0 spiro atoms. The molecule has 0 saturated heterocycles. The van der Waals surface area contributed by atoms with Crippen molar-refractivity contribution in [2.24, 2.45) is 0 Å². The van der Waals surface area contributed by atoms with Gasteiger partial charge in [-0.1, -0.05) is 6.07 Å². The van der Waals surface area contributed by atoms with Crippen molar-refractivity contribution >= 4 is 27.6 Å². The first-order valence-corrected chi connectivity index (χ1v) is 9.60. The Morgan fingerprint density at radius 3 is 2.61 bits per heavy atom. The van der Waals surface area contributed by atoms with E-state index in [4.69, 9.17) is 14.2 Å². The van der Waals surface area contributed by atoms with Crippen LogP contribution in [0.25, 0.3) is 0 Å². The lowest BCUT2D eigenvalue weighted by atomic mass is 10.2. The summed E-state index contributed by atoms with van der Waals surface area (Å²) in [5, 5.41) is 0. The fourth-order valence-electron chi connectivity index (χ4n) is 2.41. The first kappa shape index (κ1) is 19.5. The molecule has 1 heterocycles. The van der Waals surface area contributed by atoms with Gasteiger partial charge in [0.1, 0.15) is 0 Å². The summed E-state index contributed by atoms with van der Waals surface area (Å²) in [7, 11) is -2.81. The average Bonchev–Trinajstić information content (AvgIpc) is 3.14. The van der Waals surface area contributed by atoms with Crippen LogP contribution in [-0.4, -0.2) is 40.4 Å². The van der Waals surface area contributed by atoms with E-state index >= 15 is 0 Å². The SMILES string of the molecule is COC(=O)[C@H](C)OC(=O)c1cccc(S(=O)(=O)Nc2ccc3c(c2)OCO3)c1. The summed E-state index contributed by atoms with van der Waals surface area (Å²) in [6, 6.07) is 9.87. The van der Waals surface area contributed by atoms with Crippen LogP contribution in [0.15, 0.2) is 47.4 Å². The summed E-state index contributed by atoms with van der Waals surface area (Å²) in [4.78, 5) is 23.4. The fourth-order valence-corrected chi connectivity index (χ4v) is 3.50. The summed E-state index contributed by atoms with van der Waals surface area (Å²) < 4.78 is 47.5. The highest BCUT2D eigenvalue weighted by molar-refractivity contribution is 7.92. The van der Waals surface area contributed by atoms with Gasteiger partial charge in [-0.15, -0.1) is 0 Å². The number of ether oxygens (including phenoxy) is 4. The quantitative estimate of drug-likeness (QED) is 0.722. The minimum atomic E-state index is -3.98. The van der Waals surface area contributed by atoms with E-state index in [0.717, 1.165) is 6.07 Å². The Morgan fingerprint density at radius 2 is 1.86 bits per heavy atom. The minimum Gasteiger partial charge on any atom is -0.466 e. The summed E-state index contributed by atoms with van der Waals surface area (Å²) in [5.74, 6) is -0.624. The summed E-state index contributed by atoms with van der Waals surface area (Å²) in [6.45, 7) is 1.42. The zero-order valence-corrected chi connectivity index (χ0v) is 15.8. The second-order valence-electron chi connectivity index (χ2n) is 5.77. The smallest absolute Gasteiger partial charge is 0.346 e. The molecule has 10 heteroatoms. The zero-order valence-electron chi connectivity index (χ0n) is 15.0. The molecule has 9 nitrogen and oxygen atoms in total. The van der Waals surface area contributed by atoms with Gasteiger partial charge in [0, 0.05) is 6.07 Å². The van der Waals surface area contributed by atoms with E-state index in [1.165, 1.54) is 44.4 Å². The van der Waals surface area contributed by atoms with Gasteiger partial charge in [-0.3, -0.25) is 4.72 Å². The van der Waals surface area contributed by atoms with Crippen LogP contribution < -0.4 is 14.2 Å². The summed E-state index contributed by atoms with van der Waals surface area (Å²) in [6.07, 6.45) is -1.12. The van der Waals surface area contributed by atoms with E-state index < -0.39 is 28.1 Å². The third-order valence-corrected chi connectivity index (χ3v) is 5.20. The topological polar surface area (TPSA) is 117 Å². The van der Waals surface area contributed by atoms with Gasteiger partial charge in [-0.2, -0.15) is 0 Å². The van der Waals surface area contributed by atoms with E-state index in [9.17, 15) is 18.0 Å². The molecule has 0 amide bonds. The van der Waals surface area contributed by atoms with Crippen LogP contribution >= 0.6 is 0 Å². The van der Waals surface area contributed by atoms with E-state index in [-0.39, 0.29) is 22.9 Å². The van der Waals surface area contributed by atoms with Crippen molar-refractivity contribution in [2.75, 3.05) is 18.6 Å². The van der Waals surface area contributed by atoms with Gasteiger partial charge in [0.15, 0.2) is 17.6 Å². The Labute approximate surface area is 161 Å². The van der Waals surface area contributed by atoms with Crippen LogP contribution in [0, 0.1) is 0 Å². The molecule has 0 fully saturated rings. The number of esters is 2. The molecule has 0 unspecified atom stereocenters. The lowest BCUT2D eigenvalue weighted by Gasteiger charge is -2.12. The monoisotopic (exact) mass is 407 g/mol. The predicted molar refractivity (Wildman–Crippen MR) is 96.7 cm³/mol. The number of methoxy groups -OCH3 is 1. The molecule has 1 atom stereocenters. The molecule has 0 saturated carbocycles. The second kappa shape index (κ2) is 7.77. The number of benzene rings is 2. The lowest BCUT2D eigenvalue weighted by Crippen LogP contribution is -2.25. The van der Waals surface area contributed by atoms with E-state index in [1.54, 1.807) is 6.07 Å². The Bertz CT molecular complexity index is 1020. The molecule has 1 N–H and O–H groups in total. The van der Waals surface area contributed by atoms with E-state index in [2.05, 4.69) is 9.46 Å². The number of nitrogens with one attached hydrogen (secondary N) is 1. The summed E-state index contributed by atoms with van der Waals surface area (Å²) in [5.41, 5.74) is 0.251. The molecule has 2 aromatic carbocycles. The minimum absolute atomic E-state index is 0.0238. The zero-order chi connectivity index (χ0) is 20.3. The summed E-state index contributed by atoms with van der Waals surface area (Å²) >= 11 is 0. The predicted octanol–water partition coefficient (Wildman–Crippen LogP) is 1.93. The number of anilines is 1. The highest BCUT2D eigenvalue weighted by Gasteiger charge is 2.22. The van der Waals surface area contributed by atoms with Crippen molar-refractivity contribution in [3.05, 3.63) is 48.0 Å². The second-order valence-corrected chi connectivity index (χ2v) is 7.45. The van der Waals surface area contributed by atoms with Crippen LogP contribution in [0.1, 0.15) is 17.3 Å². The highest BCUT2D eigenvalue weighted by Crippen LogP contribution is 2.34. The van der Waals surface area contributed by atoms with Crippen LogP contribution in [0.4, 0.5) is 5.69 Å². The molecule has 148 valence electrons.